The van der Waals surface area contributed by atoms with Gasteiger partial charge in [0, 0.05) is 17.2 Å². The highest BCUT2D eigenvalue weighted by atomic mass is 14.9. The average Bonchev–Trinajstić information content (AvgIpc) is 2.95. The number of hydrogen-bond donors (Lipinski definition) is 0. The molecule has 1 saturated carbocycles. The van der Waals surface area contributed by atoms with Crippen molar-refractivity contribution < 1.29 is 4.57 Å². The molecule has 1 aliphatic rings. The zero-order chi connectivity index (χ0) is 17.5. The molecule has 1 aliphatic carbocycles. The van der Waals surface area contributed by atoms with Gasteiger partial charge in [0.2, 0.25) is 5.69 Å². The molecule has 3 rings (SSSR count). The largest absolute Gasteiger partial charge is 0.212 e. The molecule has 0 atom stereocenters. The Morgan fingerprint density at radius 2 is 1.67 bits per heavy atom. The third-order valence-corrected chi connectivity index (χ3v) is 5.91. The van der Waals surface area contributed by atoms with Crippen LogP contribution in [-0.4, -0.2) is 0 Å². The van der Waals surface area contributed by atoms with E-state index in [2.05, 4.69) is 82.8 Å². The van der Waals surface area contributed by atoms with E-state index in [1.54, 1.807) is 0 Å². The van der Waals surface area contributed by atoms with Gasteiger partial charge in [0.15, 0.2) is 6.20 Å². The lowest BCUT2D eigenvalue weighted by Gasteiger charge is -2.25. The Hall–Kier alpha value is -1.63. The molecule has 0 amide bonds. The summed E-state index contributed by atoms with van der Waals surface area (Å²) in [6.07, 6.45) is 7.70. The molecule has 0 saturated heterocycles. The first kappa shape index (κ1) is 17.2. The summed E-state index contributed by atoms with van der Waals surface area (Å²) in [5, 5.41) is 0. The van der Waals surface area contributed by atoms with Gasteiger partial charge >= 0.3 is 0 Å². The number of aryl methyl sites for hydroxylation is 2. The van der Waals surface area contributed by atoms with E-state index in [-0.39, 0.29) is 5.41 Å². The molecule has 1 aromatic carbocycles. The number of aromatic nitrogens is 1. The van der Waals surface area contributed by atoms with Crippen LogP contribution < -0.4 is 4.57 Å². The van der Waals surface area contributed by atoms with Crippen molar-refractivity contribution in [2.24, 2.45) is 7.05 Å². The van der Waals surface area contributed by atoms with E-state index in [1.165, 1.54) is 53.6 Å². The fourth-order valence-corrected chi connectivity index (χ4v) is 4.10. The molecule has 2 aromatic rings. The van der Waals surface area contributed by atoms with Crippen molar-refractivity contribution in [1.82, 2.24) is 0 Å². The Balaban J connectivity index is 1.99. The molecule has 1 nitrogen and oxygen atoms in total. The molecule has 1 heterocycles. The second-order valence-corrected chi connectivity index (χ2v) is 8.96. The highest BCUT2D eigenvalue weighted by Gasteiger charge is 2.31. The van der Waals surface area contributed by atoms with Crippen LogP contribution in [0.1, 0.15) is 70.1 Å². The number of pyridine rings is 1. The van der Waals surface area contributed by atoms with Crippen LogP contribution in [0.5, 0.6) is 0 Å². The molecular weight excluding hydrogens is 290 g/mol. The maximum Gasteiger partial charge on any atom is 0.212 e. The van der Waals surface area contributed by atoms with Crippen LogP contribution >= 0.6 is 0 Å². The summed E-state index contributed by atoms with van der Waals surface area (Å²) in [4.78, 5) is 0. The van der Waals surface area contributed by atoms with Gasteiger partial charge in [-0.05, 0) is 53.9 Å². The molecule has 0 aliphatic heterocycles. The van der Waals surface area contributed by atoms with Gasteiger partial charge in [0.25, 0.3) is 0 Å². The number of rotatable bonds is 2. The highest BCUT2D eigenvalue weighted by Crippen LogP contribution is 2.41. The summed E-state index contributed by atoms with van der Waals surface area (Å²) in [6.45, 7) is 11.5. The van der Waals surface area contributed by atoms with E-state index in [0.717, 1.165) is 0 Å². The molecule has 0 N–H and O–H groups in total. The molecule has 1 fully saturated rings. The number of nitrogens with zero attached hydrogens (tertiary/aromatic N) is 1. The van der Waals surface area contributed by atoms with Crippen LogP contribution in [0.2, 0.25) is 0 Å². The first-order valence-corrected chi connectivity index (χ1v) is 9.32. The van der Waals surface area contributed by atoms with Crippen LogP contribution in [0.4, 0.5) is 0 Å². The quantitative estimate of drug-likeness (QED) is 0.632. The van der Waals surface area contributed by atoms with E-state index >= 15 is 0 Å². The summed E-state index contributed by atoms with van der Waals surface area (Å²) >= 11 is 0. The summed E-state index contributed by atoms with van der Waals surface area (Å²) in [6, 6.07) is 11.7. The molecule has 0 unspecified atom stereocenters. The molecule has 1 heteroatoms. The van der Waals surface area contributed by atoms with E-state index < -0.39 is 0 Å². The van der Waals surface area contributed by atoms with Gasteiger partial charge in [-0.3, -0.25) is 0 Å². The zero-order valence-electron chi connectivity index (χ0n) is 16.2. The Morgan fingerprint density at radius 1 is 1.00 bits per heavy atom. The van der Waals surface area contributed by atoms with E-state index in [9.17, 15) is 0 Å². The summed E-state index contributed by atoms with van der Waals surface area (Å²) in [5.41, 5.74) is 7.51. The van der Waals surface area contributed by atoms with Gasteiger partial charge in [-0.25, -0.2) is 4.57 Å². The SMILES string of the molecule is Cc1cc(C2(C)CCCC2)ccc1-c1ccc(C(C)(C)C)c[n+]1C. The van der Waals surface area contributed by atoms with E-state index in [1.807, 2.05) is 0 Å². The molecule has 128 valence electrons. The lowest BCUT2D eigenvalue weighted by molar-refractivity contribution is -0.661. The lowest BCUT2D eigenvalue weighted by Crippen LogP contribution is -2.33. The minimum Gasteiger partial charge on any atom is -0.201 e. The van der Waals surface area contributed by atoms with Gasteiger partial charge in [0.1, 0.15) is 7.05 Å². The van der Waals surface area contributed by atoms with Crippen LogP contribution in [-0.2, 0) is 17.9 Å². The standard InChI is InChI=1S/C23H32N/c1-17-15-18(23(5)13-7-8-14-23)9-11-20(17)21-12-10-19(16-24(21)6)22(2,3)4/h9-12,15-16H,7-8,13-14H2,1-6H3/q+1. The number of hydrogen-bond acceptors (Lipinski definition) is 0. The first-order valence-electron chi connectivity index (χ1n) is 9.32. The van der Waals surface area contributed by atoms with E-state index in [0.29, 0.717) is 5.41 Å². The fraction of sp³-hybridized carbons (Fsp3) is 0.522. The molecular formula is C23H32N+. The Bertz CT molecular complexity index is 743. The second-order valence-electron chi connectivity index (χ2n) is 8.96. The molecule has 1 aromatic heterocycles. The van der Waals surface area contributed by atoms with Crippen molar-refractivity contribution in [2.45, 2.75) is 71.1 Å². The van der Waals surface area contributed by atoms with Crippen LogP contribution in [0.25, 0.3) is 11.3 Å². The smallest absolute Gasteiger partial charge is 0.201 e. The van der Waals surface area contributed by atoms with Crippen LogP contribution in [0.15, 0.2) is 36.5 Å². The molecule has 0 radical (unpaired) electrons. The fourth-order valence-electron chi connectivity index (χ4n) is 4.10. The van der Waals surface area contributed by atoms with Crippen molar-refractivity contribution in [3.05, 3.63) is 53.2 Å². The summed E-state index contributed by atoms with van der Waals surface area (Å²) < 4.78 is 2.28. The predicted octanol–water partition coefficient (Wildman–Crippen LogP) is 5.62. The maximum atomic E-state index is 2.44. The lowest BCUT2D eigenvalue weighted by atomic mass is 9.80. The van der Waals surface area contributed by atoms with Gasteiger partial charge in [-0.15, -0.1) is 0 Å². The van der Waals surface area contributed by atoms with Gasteiger partial charge in [0.05, 0.1) is 0 Å². The topological polar surface area (TPSA) is 3.88 Å². The minimum absolute atomic E-state index is 0.187. The molecule has 0 bridgehead atoms. The van der Waals surface area contributed by atoms with Crippen molar-refractivity contribution in [3.8, 4) is 11.3 Å². The van der Waals surface area contributed by atoms with Crippen LogP contribution in [0, 0.1) is 6.92 Å². The normalized spacial score (nSPS) is 17.2. The minimum atomic E-state index is 0.187. The van der Waals surface area contributed by atoms with Crippen LogP contribution in [0.3, 0.4) is 0 Å². The van der Waals surface area contributed by atoms with Crippen molar-refractivity contribution in [3.63, 3.8) is 0 Å². The maximum absolute atomic E-state index is 2.44. The van der Waals surface area contributed by atoms with E-state index in [4.69, 9.17) is 0 Å². The predicted molar refractivity (Wildman–Crippen MR) is 102 cm³/mol. The highest BCUT2D eigenvalue weighted by molar-refractivity contribution is 5.62. The van der Waals surface area contributed by atoms with Crippen molar-refractivity contribution in [1.29, 1.82) is 0 Å². The average molecular weight is 323 g/mol. The first-order chi connectivity index (χ1) is 11.2. The van der Waals surface area contributed by atoms with Crippen molar-refractivity contribution in [2.75, 3.05) is 0 Å². The third-order valence-electron chi connectivity index (χ3n) is 5.91. The Morgan fingerprint density at radius 3 is 2.21 bits per heavy atom. The van der Waals surface area contributed by atoms with Gasteiger partial charge in [-0.1, -0.05) is 52.7 Å². The Kier molecular flexibility index (Phi) is 4.32. The molecule has 0 spiro atoms. The monoisotopic (exact) mass is 322 g/mol. The zero-order valence-corrected chi connectivity index (χ0v) is 16.2. The summed E-state index contributed by atoms with van der Waals surface area (Å²) in [5.74, 6) is 0. The van der Waals surface area contributed by atoms with Gasteiger partial charge in [-0.2, -0.15) is 0 Å². The number of benzene rings is 1. The Labute approximate surface area is 147 Å². The second kappa shape index (κ2) is 6.02. The summed E-state index contributed by atoms with van der Waals surface area (Å²) in [7, 11) is 2.16. The van der Waals surface area contributed by atoms with Gasteiger partial charge < -0.3 is 0 Å². The van der Waals surface area contributed by atoms with Crippen molar-refractivity contribution >= 4 is 0 Å². The molecule has 24 heavy (non-hydrogen) atoms. The third kappa shape index (κ3) is 3.14.